The average molecular weight is 207 g/mol. The molecule has 0 aromatic heterocycles. The zero-order valence-corrected chi connectivity index (χ0v) is 9.12. The van der Waals surface area contributed by atoms with Crippen LogP contribution in [0.3, 0.4) is 0 Å². The van der Waals surface area contributed by atoms with Gasteiger partial charge in [-0.3, -0.25) is 0 Å². The fraction of sp³-hybridized carbons (Fsp3) is 0.500. The molecule has 1 saturated carbocycles. The number of rotatable bonds is 1. The van der Waals surface area contributed by atoms with Gasteiger partial charge in [0.2, 0.25) is 0 Å². The molecule has 3 heteroatoms. The van der Waals surface area contributed by atoms with Gasteiger partial charge in [-0.2, -0.15) is 0 Å². The highest BCUT2D eigenvalue weighted by Crippen LogP contribution is 2.40. The third kappa shape index (κ3) is 1.62. The van der Waals surface area contributed by atoms with Crippen LogP contribution >= 0.6 is 0 Å². The zero-order valence-electron chi connectivity index (χ0n) is 9.12. The van der Waals surface area contributed by atoms with Crippen molar-refractivity contribution < 1.29 is 10.2 Å². The predicted molar refractivity (Wildman–Crippen MR) is 58.7 cm³/mol. The molecule has 0 spiro atoms. The van der Waals surface area contributed by atoms with Gasteiger partial charge in [0.15, 0.2) is 0 Å². The van der Waals surface area contributed by atoms with Crippen molar-refractivity contribution in [3.63, 3.8) is 0 Å². The van der Waals surface area contributed by atoms with Gasteiger partial charge < -0.3 is 15.9 Å². The molecule has 0 bridgehead atoms. The van der Waals surface area contributed by atoms with E-state index in [4.69, 9.17) is 5.73 Å². The average Bonchev–Trinajstić information content (AvgIpc) is 2.11. The molecule has 4 N–H and O–H groups in total. The molecule has 0 amide bonds. The van der Waals surface area contributed by atoms with Crippen molar-refractivity contribution in [2.24, 2.45) is 5.73 Å². The largest absolute Gasteiger partial charge is 0.507 e. The van der Waals surface area contributed by atoms with Crippen LogP contribution in [0.5, 0.6) is 5.75 Å². The molecule has 1 aromatic rings. The smallest absolute Gasteiger partial charge is 0.121 e. The number of nitrogens with two attached hydrogens (primary N) is 1. The monoisotopic (exact) mass is 207 g/mol. The van der Waals surface area contributed by atoms with Crippen molar-refractivity contribution in [3.05, 3.63) is 28.8 Å². The summed E-state index contributed by atoms with van der Waals surface area (Å²) in [5.74, 6) is 0.335. The lowest BCUT2D eigenvalue weighted by molar-refractivity contribution is 0.0209. The van der Waals surface area contributed by atoms with E-state index < -0.39 is 5.54 Å². The van der Waals surface area contributed by atoms with E-state index in [0.717, 1.165) is 16.7 Å². The molecule has 0 unspecified atom stereocenters. The first-order chi connectivity index (χ1) is 6.92. The quantitative estimate of drug-likeness (QED) is 0.650. The van der Waals surface area contributed by atoms with E-state index in [0.29, 0.717) is 18.6 Å². The van der Waals surface area contributed by atoms with Gasteiger partial charge in [0, 0.05) is 5.54 Å². The first-order valence-corrected chi connectivity index (χ1v) is 5.20. The van der Waals surface area contributed by atoms with Crippen molar-refractivity contribution in [2.45, 2.75) is 38.3 Å². The second kappa shape index (κ2) is 3.22. The van der Waals surface area contributed by atoms with Crippen LogP contribution in [0.1, 0.15) is 29.5 Å². The van der Waals surface area contributed by atoms with Crippen molar-refractivity contribution in [2.75, 3.05) is 0 Å². The lowest BCUT2D eigenvalue weighted by Gasteiger charge is -2.43. The normalized spacial score (nSPS) is 30.0. The molecule has 1 aromatic carbocycles. The van der Waals surface area contributed by atoms with Gasteiger partial charge in [0.25, 0.3) is 0 Å². The first-order valence-electron chi connectivity index (χ1n) is 5.20. The van der Waals surface area contributed by atoms with E-state index in [1.807, 2.05) is 26.0 Å². The van der Waals surface area contributed by atoms with Gasteiger partial charge in [-0.15, -0.1) is 0 Å². The fourth-order valence-electron chi connectivity index (χ4n) is 2.26. The van der Waals surface area contributed by atoms with E-state index >= 15 is 0 Å². The number of phenolic OH excluding ortho intramolecular Hbond substituents is 1. The minimum absolute atomic E-state index is 0.274. The molecule has 0 heterocycles. The summed E-state index contributed by atoms with van der Waals surface area (Å²) in [6.07, 6.45) is 0.942. The Morgan fingerprint density at radius 1 is 1.27 bits per heavy atom. The molecule has 0 saturated heterocycles. The predicted octanol–water partition coefficient (Wildman–Crippen LogP) is 1.32. The Hall–Kier alpha value is -1.06. The lowest BCUT2D eigenvalue weighted by Crippen LogP contribution is -2.51. The van der Waals surface area contributed by atoms with Crippen LogP contribution in [0, 0.1) is 13.8 Å². The molecule has 0 radical (unpaired) electrons. The van der Waals surface area contributed by atoms with E-state index in [1.165, 1.54) is 0 Å². The van der Waals surface area contributed by atoms with E-state index in [1.54, 1.807) is 0 Å². The molecule has 3 nitrogen and oxygen atoms in total. The summed E-state index contributed by atoms with van der Waals surface area (Å²) >= 11 is 0. The summed E-state index contributed by atoms with van der Waals surface area (Å²) in [7, 11) is 0. The van der Waals surface area contributed by atoms with Crippen LogP contribution in [0.4, 0.5) is 0 Å². The minimum atomic E-state index is -0.400. The Bertz CT molecular complexity index is 372. The number of benzene rings is 1. The molecule has 1 aliphatic rings. The summed E-state index contributed by atoms with van der Waals surface area (Å²) in [5, 5.41) is 19.0. The van der Waals surface area contributed by atoms with Crippen molar-refractivity contribution in [1.82, 2.24) is 0 Å². The second-order valence-corrected chi connectivity index (χ2v) is 4.68. The van der Waals surface area contributed by atoms with Gasteiger partial charge in [-0.05, 0) is 43.4 Å². The second-order valence-electron chi connectivity index (χ2n) is 4.68. The summed E-state index contributed by atoms with van der Waals surface area (Å²) < 4.78 is 0. The number of hydrogen-bond donors (Lipinski definition) is 3. The third-order valence-electron chi connectivity index (χ3n) is 3.27. The molecule has 0 aliphatic heterocycles. The highest BCUT2D eigenvalue weighted by molar-refractivity contribution is 5.45. The molecule has 1 fully saturated rings. The highest BCUT2D eigenvalue weighted by Gasteiger charge is 2.41. The Morgan fingerprint density at radius 2 is 1.73 bits per heavy atom. The number of aliphatic hydroxyl groups is 1. The molecular weight excluding hydrogens is 190 g/mol. The third-order valence-corrected chi connectivity index (χ3v) is 3.27. The molecule has 2 rings (SSSR count). The van der Waals surface area contributed by atoms with Gasteiger partial charge in [0.05, 0.1) is 6.10 Å². The molecule has 82 valence electrons. The van der Waals surface area contributed by atoms with Crippen molar-refractivity contribution in [3.8, 4) is 5.75 Å². The van der Waals surface area contributed by atoms with Crippen LogP contribution in [0.2, 0.25) is 0 Å². The maximum absolute atomic E-state index is 9.65. The van der Waals surface area contributed by atoms with E-state index in [9.17, 15) is 10.2 Å². The summed E-state index contributed by atoms with van der Waals surface area (Å²) in [6, 6.07) is 3.82. The minimum Gasteiger partial charge on any atom is -0.507 e. The number of aryl methyl sites for hydroxylation is 2. The Balaban J connectivity index is 2.38. The number of phenols is 1. The van der Waals surface area contributed by atoms with Crippen LogP contribution in [0.25, 0.3) is 0 Å². The number of aliphatic hydroxyl groups excluding tert-OH is 1. The van der Waals surface area contributed by atoms with E-state index in [-0.39, 0.29) is 6.10 Å². The lowest BCUT2D eigenvalue weighted by atomic mass is 9.70. The molecule has 15 heavy (non-hydrogen) atoms. The van der Waals surface area contributed by atoms with Gasteiger partial charge in [0.1, 0.15) is 5.75 Å². The van der Waals surface area contributed by atoms with Crippen molar-refractivity contribution in [1.29, 1.82) is 0 Å². The summed E-state index contributed by atoms with van der Waals surface area (Å²) in [4.78, 5) is 0. The van der Waals surface area contributed by atoms with Crippen LogP contribution in [-0.4, -0.2) is 16.3 Å². The molecule has 0 atom stereocenters. The Labute approximate surface area is 89.5 Å². The van der Waals surface area contributed by atoms with E-state index in [2.05, 4.69) is 0 Å². The maximum Gasteiger partial charge on any atom is 0.121 e. The molecular formula is C12H17NO2. The summed E-state index contributed by atoms with van der Waals surface area (Å²) in [5.41, 5.74) is 8.46. The standard InChI is InChI=1S/C12H17NO2/c1-7-3-9(4-8(2)11(7)15)12(13)5-10(14)6-12/h3-4,10,14-15H,5-6,13H2,1-2H3. The van der Waals surface area contributed by atoms with Crippen LogP contribution < -0.4 is 5.73 Å². The van der Waals surface area contributed by atoms with Crippen LogP contribution in [0.15, 0.2) is 12.1 Å². The Kier molecular flexibility index (Phi) is 2.24. The summed E-state index contributed by atoms with van der Waals surface area (Å²) in [6.45, 7) is 3.73. The van der Waals surface area contributed by atoms with Crippen LogP contribution in [-0.2, 0) is 5.54 Å². The van der Waals surface area contributed by atoms with Gasteiger partial charge in [-0.25, -0.2) is 0 Å². The SMILES string of the molecule is Cc1cc(C2(N)CC(O)C2)cc(C)c1O. The fourth-order valence-corrected chi connectivity index (χ4v) is 2.26. The molecule has 1 aliphatic carbocycles. The maximum atomic E-state index is 9.65. The van der Waals surface area contributed by atoms with Gasteiger partial charge in [-0.1, -0.05) is 12.1 Å². The number of hydrogen-bond acceptors (Lipinski definition) is 3. The topological polar surface area (TPSA) is 66.5 Å². The number of aromatic hydroxyl groups is 1. The first kappa shape index (κ1) is 10.5. The zero-order chi connectivity index (χ0) is 11.2. The van der Waals surface area contributed by atoms with Gasteiger partial charge >= 0.3 is 0 Å². The van der Waals surface area contributed by atoms with Crippen molar-refractivity contribution >= 4 is 0 Å². The Morgan fingerprint density at radius 3 is 2.13 bits per heavy atom. The highest BCUT2D eigenvalue weighted by atomic mass is 16.3.